The van der Waals surface area contributed by atoms with Crippen LogP contribution in [-0.4, -0.2) is 40.4 Å². The third kappa shape index (κ3) is 6.66. The summed E-state index contributed by atoms with van der Waals surface area (Å²) in [6, 6.07) is 8.05. The van der Waals surface area contributed by atoms with E-state index in [0.29, 0.717) is 12.0 Å². The summed E-state index contributed by atoms with van der Waals surface area (Å²) in [6.45, 7) is 2.46. The Balaban J connectivity index is 0.00000312. The van der Waals surface area contributed by atoms with Crippen LogP contribution in [0.5, 0.6) is 5.75 Å². The lowest BCUT2D eigenvalue weighted by atomic mass is 9.83. The lowest BCUT2D eigenvalue weighted by molar-refractivity contribution is 0.138. The van der Waals surface area contributed by atoms with Crippen molar-refractivity contribution < 1.29 is 9.47 Å². The van der Waals surface area contributed by atoms with Crippen molar-refractivity contribution in [2.24, 2.45) is 10.4 Å². The highest BCUT2D eigenvalue weighted by Crippen LogP contribution is 2.40. The average Bonchev–Trinajstić information content (AvgIpc) is 3.09. The van der Waals surface area contributed by atoms with Gasteiger partial charge in [-0.05, 0) is 30.7 Å². The number of ether oxygens (including phenoxy) is 2. The third-order valence-corrected chi connectivity index (χ3v) is 4.99. The highest BCUT2D eigenvalue weighted by atomic mass is 127. The number of nitrogens with one attached hydrogen (secondary N) is 2. The van der Waals surface area contributed by atoms with Gasteiger partial charge in [0.15, 0.2) is 5.96 Å². The van der Waals surface area contributed by atoms with Crippen molar-refractivity contribution in [3.8, 4) is 5.75 Å². The zero-order valence-electron chi connectivity index (χ0n) is 15.6. The number of para-hydroxylation sites is 1. The van der Waals surface area contributed by atoms with Gasteiger partial charge in [-0.25, -0.2) is 0 Å². The first kappa shape index (κ1) is 22.0. The van der Waals surface area contributed by atoms with E-state index in [0.717, 1.165) is 36.8 Å². The summed E-state index contributed by atoms with van der Waals surface area (Å²) >= 11 is 0. The van der Waals surface area contributed by atoms with Crippen LogP contribution >= 0.6 is 24.0 Å². The van der Waals surface area contributed by atoms with Crippen LogP contribution in [0.2, 0.25) is 0 Å². The zero-order chi connectivity index (χ0) is 17.3. The molecule has 1 aliphatic rings. The quantitative estimate of drug-likeness (QED) is 0.353. The number of benzene rings is 1. The normalized spacial score (nSPS) is 16.2. The van der Waals surface area contributed by atoms with E-state index in [1.54, 1.807) is 14.2 Å². The summed E-state index contributed by atoms with van der Waals surface area (Å²) in [5, 5.41) is 6.90. The second-order valence-corrected chi connectivity index (χ2v) is 6.54. The Hall–Kier alpha value is -1.02. The highest BCUT2D eigenvalue weighted by molar-refractivity contribution is 14.0. The number of guanidine groups is 1. The molecule has 0 amide bonds. The van der Waals surface area contributed by atoms with Gasteiger partial charge in [-0.3, -0.25) is 4.99 Å². The van der Waals surface area contributed by atoms with Crippen molar-refractivity contribution in [3.63, 3.8) is 0 Å². The second kappa shape index (κ2) is 11.6. The molecular weight excluding hydrogens is 429 g/mol. The van der Waals surface area contributed by atoms with Crippen LogP contribution in [0.1, 0.15) is 37.7 Å². The van der Waals surface area contributed by atoms with Gasteiger partial charge >= 0.3 is 0 Å². The summed E-state index contributed by atoms with van der Waals surface area (Å²) in [7, 11) is 5.30. The molecular formula is C19H32IN3O2. The standard InChI is InChI=1S/C19H31N3O2.HI/c1-20-18(21-14-16-8-4-5-9-17(16)24-3)22-15-19(12-13-23-2)10-6-7-11-19;/h4-5,8-9H,6-7,10-15H2,1-3H3,(H2,20,21,22);1H. The van der Waals surface area contributed by atoms with Crippen LogP contribution in [0.15, 0.2) is 29.3 Å². The molecule has 142 valence electrons. The van der Waals surface area contributed by atoms with Crippen LogP contribution in [0.25, 0.3) is 0 Å². The lowest BCUT2D eigenvalue weighted by Gasteiger charge is -2.30. The van der Waals surface area contributed by atoms with E-state index in [9.17, 15) is 0 Å². The van der Waals surface area contributed by atoms with Crippen LogP contribution in [-0.2, 0) is 11.3 Å². The molecule has 1 aromatic rings. The van der Waals surface area contributed by atoms with Crippen LogP contribution < -0.4 is 15.4 Å². The Labute approximate surface area is 169 Å². The molecule has 0 aliphatic heterocycles. The molecule has 6 heteroatoms. The first-order valence-corrected chi connectivity index (χ1v) is 8.78. The molecule has 5 nitrogen and oxygen atoms in total. The summed E-state index contributed by atoms with van der Waals surface area (Å²) in [6.07, 6.45) is 6.29. The molecule has 1 aromatic carbocycles. The summed E-state index contributed by atoms with van der Waals surface area (Å²) in [5.74, 6) is 1.73. The molecule has 0 unspecified atom stereocenters. The third-order valence-electron chi connectivity index (χ3n) is 4.99. The summed E-state index contributed by atoms with van der Waals surface area (Å²) < 4.78 is 10.7. The number of halogens is 1. The largest absolute Gasteiger partial charge is 0.496 e. The number of rotatable bonds is 8. The molecule has 1 fully saturated rings. The first-order chi connectivity index (χ1) is 11.7. The Bertz CT molecular complexity index is 531. The van der Waals surface area contributed by atoms with Crippen molar-refractivity contribution in [3.05, 3.63) is 29.8 Å². The van der Waals surface area contributed by atoms with Crippen LogP contribution in [0.4, 0.5) is 0 Å². The summed E-state index contributed by atoms with van der Waals surface area (Å²) in [5.41, 5.74) is 1.47. The maximum Gasteiger partial charge on any atom is 0.191 e. The van der Waals surface area contributed by atoms with E-state index in [1.165, 1.54) is 25.7 Å². The van der Waals surface area contributed by atoms with Crippen molar-refractivity contribution in [2.75, 3.05) is 34.4 Å². The van der Waals surface area contributed by atoms with Gasteiger partial charge in [0.1, 0.15) is 5.75 Å². The van der Waals surface area contributed by atoms with Crippen molar-refractivity contribution in [2.45, 2.75) is 38.6 Å². The molecule has 1 aliphatic carbocycles. The molecule has 0 saturated heterocycles. The minimum Gasteiger partial charge on any atom is -0.496 e. The fourth-order valence-electron chi connectivity index (χ4n) is 3.48. The van der Waals surface area contributed by atoms with E-state index in [1.807, 2.05) is 25.2 Å². The second-order valence-electron chi connectivity index (χ2n) is 6.54. The minimum atomic E-state index is 0. The zero-order valence-corrected chi connectivity index (χ0v) is 18.0. The topological polar surface area (TPSA) is 54.9 Å². The van der Waals surface area contributed by atoms with Gasteiger partial charge in [0, 0.05) is 39.4 Å². The van der Waals surface area contributed by atoms with Gasteiger partial charge in [0.25, 0.3) is 0 Å². The predicted molar refractivity (Wildman–Crippen MR) is 114 cm³/mol. The van der Waals surface area contributed by atoms with E-state index < -0.39 is 0 Å². The van der Waals surface area contributed by atoms with Crippen molar-refractivity contribution >= 4 is 29.9 Å². The number of methoxy groups -OCH3 is 2. The maximum absolute atomic E-state index is 5.40. The van der Waals surface area contributed by atoms with Crippen LogP contribution in [0, 0.1) is 5.41 Å². The highest BCUT2D eigenvalue weighted by Gasteiger charge is 2.33. The van der Waals surface area contributed by atoms with Crippen molar-refractivity contribution in [1.82, 2.24) is 10.6 Å². The lowest BCUT2D eigenvalue weighted by Crippen LogP contribution is -2.43. The summed E-state index contributed by atoms with van der Waals surface area (Å²) in [4.78, 5) is 4.35. The predicted octanol–water partition coefficient (Wildman–Crippen LogP) is 3.58. The Morgan fingerprint density at radius 3 is 2.52 bits per heavy atom. The van der Waals surface area contributed by atoms with E-state index in [-0.39, 0.29) is 24.0 Å². The van der Waals surface area contributed by atoms with Crippen LogP contribution in [0.3, 0.4) is 0 Å². The smallest absolute Gasteiger partial charge is 0.191 e. The Kier molecular flexibility index (Phi) is 10.2. The van der Waals surface area contributed by atoms with Gasteiger partial charge in [0.05, 0.1) is 7.11 Å². The van der Waals surface area contributed by atoms with E-state index in [2.05, 4.69) is 21.7 Å². The SMILES string of the molecule is CN=C(NCc1ccccc1OC)NCC1(CCOC)CCCC1.I. The molecule has 0 bridgehead atoms. The number of nitrogens with zero attached hydrogens (tertiary/aromatic N) is 1. The fourth-order valence-corrected chi connectivity index (χ4v) is 3.48. The number of aliphatic imine (C=N–C) groups is 1. The first-order valence-electron chi connectivity index (χ1n) is 8.78. The molecule has 0 heterocycles. The Morgan fingerprint density at radius 1 is 1.16 bits per heavy atom. The fraction of sp³-hybridized carbons (Fsp3) is 0.632. The van der Waals surface area contributed by atoms with Gasteiger partial charge in [-0.1, -0.05) is 31.0 Å². The number of hydrogen-bond donors (Lipinski definition) is 2. The van der Waals surface area contributed by atoms with E-state index in [4.69, 9.17) is 9.47 Å². The van der Waals surface area contributed by atoms with Gasteiger partial charge in [-0.2, -0.15) is 0 Å². The maximum atomic E-state index is 5.40. The molecule has 2 rings (SSSR count). The molecule has 0 atom stereocenters. The minimum absolute atomic E-state index is 0. The molecule has 0 aromatic heterocycles. The molecule has 0 radical (unpaired) electrons. The van der Waals surface area contributed by atoms with Gasteiger partial charge in [0.2, 0.25) is 0 Å². The molecule has 2 N–H and O–H groups in total. The van der Waals surface area contributed by atoms with E-state index >= 15 is 0 Å². The average molecular weight is 461 g/mol. The molecule has 25 heavy (non-hydrogen) atoms. The van der Waals surface area contributed by atoms with Gasteiger partial charge in [-0.15, -0.1) is 24.0 Å². The molecule has 1 saturated carbocycles. The Morgan fingerprint density at radius 2 is 1.88 bits per heavy atom. The monoisotopic (exact) mass is 461 g/mol. The molecule has 0 spiro atoms. The van der Waals surface area contributed by atoms with Gasteiger partial charge < -0.3 is 20.1 Å². The number of hydrogen-bond acceptors (Lipinski definition) is 3. The van der Waals surface area contributed by atoms with Crippen molar-refractivity contribution in [1.29, 1.82) is 0 Å².